The number of aromatic nitrogens is 1. The summed E-state index contributed by atoms with van der Waals surface area (Å²) in [5.41, 5.74) is 1.81. The summed E-state index contributed by atoms with van der Waals surface area (Å²) in [4.78, 5) is 15.6. The number of benzene rings is 1. The molecule has 1 atom stereocenters. The van der Waals surface area contributed by atoms with E-state index in [1.807, 2.05) is 18.2 Å². The fourth-order valence-corrected chi connectivity index (χ4v) is 3.32. The summed E-state index contributed by atoms with van der Waals surface area (Å²) in [5, 5.41) is 4.12. The molecule has 2 aromatic rings. The predicted octanol–water partition coefficient (Wildman–Crippen LogP) is 4.47. The Labute approximate surface area is 155 Å². The first kappa shape index (κ1) is 18.8. The van der Waals surface area contributed by atoms with Gasteiger partial charge in [-0.25, -0.2) is 0 Å². The van der Waals surface area contributed by atoms with Gasteiger partial charge in [0.1, 0.15) is 6.61 Å². The molecule has 1 saturated heterocycles. The highest BCUT2D eigenvalue weighted by Gasteiger charge is 2.15. The quantitative estimate of drug-likeness (QED) is 0.649. The van der Waals surface area contributed by atoms with E-state index in [1.54, 1.807) is 0 Å². The third-order valence-electron chi connectivity index (χ3n) is 4.86. The fourth-order valence-electron chi connectivity index (χ4n) is 3.32. The van der Waals surface area contributed by atoms with E-state index < -0.39 is 0 Å². The molecular formula is C21H30N2O3. The molecule has 0 amide bonds. The van der Waals surface area contributed by atoms with Crippen LogP contribution in [0.3, 0.4) is 0 Å². The van der Waals surface area contributed by atoms with Gasteiger partial charge in [-0.3, -0.25) is 4.79 Å². The highest BCUT2D eigenvalue weighted by atomic mass is 16.5. The van der Waals surface area contributed by atoms with Crippen LogP contribution in [0, 0.1) is 0 Å². The van der Waals surface area contributed by atoms with Crippen LogP contribution in [0.2, 0.25) is 0 Å². The van der Waals surface area contributed by atoms with E-state index in [0.717, 1.165) is 43.6 Å². The van der Waals surface area contributed by atoms with Crippen LogP contribution in [-0.2, 0) is 4.74 Å². The van der Waals surface area contributed by atoms with Crippen molar-refractivity contribution < 1.29 is 9.47 Å². The molecule has 2 N–H and O–H groups in total. The van der Waals surface area contributed by atoms with Crippen molar-refractivity contribution in [1.82, 2.24) is 4.98 Å². The summed E-state index contributed by atoms with van der Waals surface area (Å²) >= 11 is 0. The summed E-state index contributed by atoms with van der Waals surface area (Å²) in [6.45, 7) is 4.45. The molecule has 26 heavy (non-hydrogen) atoms. The maximum absolute atomic E-state index is 12.3. The lowest BCUT2D eigenvalue weighted by molar-refractivity contribution is -0.0119. The molecular weight excluding hydrogens is 328 g/mol. The highest BCUT2D eigenvalue weighted by Crippen LogP contribution is 2.19. The lowest BCUT2D eigenvalue weighted by atomic mass is 10.1. The Kier molecular flexibility index (Phi) is 6.95. The van der Waals surface area contributed by atoms with Gasteiger partial charge in [-0.05, 0) is 43.9 Å². The van der Waals surface area contributed by atoms with Gasteiger partial charge < -0.3 is 19.8 Å². The van der Waals surface area contributed by atoms with Crippen molar-refractivity contribution in [2.24, 2.45) is 0 Å². The molecule has 1 aliphatic heterocycles. The van der Waals surface area contributed by atoms with Crippen LogP contribution in [-0.4, -0.2) is 30.8 Å². The molecule has 1 aromatic carbocycles. The number of pyridine rings is 1. The smallest absolute Gasteiger partial charge is 0.195 e. The van der Waals surface area contributed by atoms with E-state index in [-0.39, 0.29) is 11.5 Å². The van der Waals surface area contributed by atoms with Crippen molar-refractivity contribution in [3.8, 4) is 5.88 Å². The summed E-state index contributed by atoms with van der Waals surface area (Å²) < 4.78 is 11.5. The number of fused-ring (bicyclic) bond motifs is 1. The lowest BCUT2D eigenvalue weighted by Crippen LogP contribution is -2.26. The molecule has 5 heteroatoms. The largest absolute Gasteiger partial charge is 0.476 e. The van der Waals surface area contributed by atoms with Gasteiger partial charge in [0.05, 0.1) is 11.6 Å². The Hall–Kier alpha value is -2.01. The third-order valence-corrected chi connectivity index (χ3v) is 4.86. The monoisotopic (exact) mass is 358 g/mol. The normalized spacial score (nSPS) is 17.3. The van der Waals surface area contributed by atoms with Crippen molar-refractivity contribution in [2.75, 3.05) is 25.1 Å². The van der Waals surface area contributed by atoms with Crippen LogP contribution in [0.25, 0.3) is 10.9 Å². The molecule has 1 aliphatic rings. The van der Waals surface area contributed by atoms with Crippen molar-refractivity contribution in [1.29, 1.82) is 0 Å². The lowest BCUT2D eigenvalue weighted by Gasteiger charge is -2.22. The number of ether oxygens (including phenoxy) is 2. The number of nitrogens with one attached hydrogen (secondary N) is 2. The van der Waals surface area contributed by atoms with E-state index in [1.165, 1.54) is 31.7 Å². The fraction of sp³-hybridized carbons (Fsp3) is 0.571. The first-order chi connectivity index (χ1) is 12.8. The van der Waals surface area contributed by atoms with Crippen LogP contribution in [0.15, 0.2) is 29.1 Å². The molecule has 1 unspecified atom stereocenters. The molecule has 1 fully saturated rings. The summed E-state index contributed by atoms with van der Waals surface area (Å²) in [7, 11) is 0. The summed E-state index contributed by atoms with van der Waals surface area (Å²) in [5.74, 6) is 0.511. The number of hydrogen-bond donors (Lipinski definition) is 2. The van der Waals surface area contributed by atoms with Crippen LogP contribution in [0.5, 0.6) is 5.88 Å². The molecule has 1 aromatic heterocycles. The predicted molar refractivity (Wildman–Crippen MR) is 106 cm³/mol. The van der Waals surface area contributed by atoms with Gasteiger partial charge in [0.25, 0.3) is 0 Å². The van der Waals surface area contributed by atoms with Gasteiger partial charge in [0.2, 0.25) is 0 Å². The molecule has 5 nitrogen and oxygen atoms in total. The van der Waals surface area contributed by atoms with Crippen molar-refractivity contribution in [2.45, 2.75) is 58.0 Å². The molecule has 0 saturated carbocycles. The number of aromatic amines is 1. The zero-order valence-electron chi connectivity index (χ0n) is 15.7. The van der Waals surface area contributed by atoms with Gasteiger partial charge in [-0.1, -0.05) is 26.2 Å². The topological polar surface area (TPSA) is 63.4 Å². The van der Waals surface area contributed by atoms with Gasteiger partial charge in [0, 0.05) is 30.3 Å². The van der Waals surface area contributed by atoms with Gasteiger partial charge in [-0.15, -0.1) is 0 Å². The Morgan fingerprint density at radius 3 is 2.96 bits per heavy atom. The minimum absolute atomic E-state index is 0.0205. The SMILES string of the molecule is CCCCCCNc1ccc2c(=O)cc(OCC3CCCCO3)[nH]c2c1. The first-order valence-electron chi connectivity index (χ1n) is 9.91. The molecule has 0 bridgehead atoms. The molecule has 2 heterocycles. The maximum Gasteiger partial charge on any atom is 0.195 e. The Morgan fingerprint density at radius 1 is 1.23 bits per heavy atom. The van der Waals surface area contributed by atoms with Crippen LogP contribution < -0.4 is 15.5 Å². The number of rotatable bonds is 9. The average Bonchev–Trinajstić information content (AvgIpc) is 2.67. The van der Waals surface area contributed by atoms with E-state index >= 15 is 0 Å². The maximum atomic E-state index is 12.3. The van der Waals surface area contributed by atoms with Gasteiger partial charge in [0.15, 0.2) is 11.3 Å². The molecule has 0 spiro atoms. The van der Waals surface area contributed by atoms with E-state index in [9.17, 15) is 4.79 Å². The van der Waals surface area contributed by atoms with Crippen LogP contribution in [0.4, 0.5) is 5.69 Å². The van der Waals surface area contributed by atoms with E-state index in [4.69, 9.17) is 9.47 Å². The van der Waals surface area contributed by atoms with Gasteiger partial charge >= 0.3 is 0 Å². The summed E-state index contributed by atoms with van der Waals surface area (Å²) in [6.07, 6.45) is 8.36. The Morgan fingerprint density at radius 2 is 2.15 bits per heavy atom. The van der Waals surface area contributed by atoms with Crippen LogP contribution in [0.1, 0.15) is 51.9 Å². The zero-order valence-corrected chi connectivity index (χ0v) is 15.7. The average molecular weight is 358 g/mol. The second-order valence-corrected chi connectivity index (χ2v) is 7.05. The minimum Gasteiger partial charge on any atom is -0.476 e. The number of anilines is 1. The van der Waals surface area contributed by atoms with Crippen molar-refractivity contribution >= 4 is 16.6 Å². The van der Waals surface area contributed by atoms with E-state index in [0.29, 0.717) is 17.9 Å². The van der Waals surface area contributed by atoms with Gasteiger partial charge in [-0.2, -0.15) is 0 Å². The first-order valence-corrected chi connectivity index (χ1v) is 9.91. The molecule has 0 aliphatic carbocycles. The highest BCUT2D eigenvalue weighted by molar-refractivity contribution is 5.82. The van der Waals surface area contributed by atoms with E-state index in [2.05, 4.69) is 17.2 Å². The molecule has 3 rings (SSSR count). The third kappa shape index (κ3) is 5.24. The summed E-state index contributed by atoms with van der Waals surface area (Å²) in [6, 6.07) is 7.36. The molecule has 0 radical (unpaired) electrons. The van der Waals surface area contributed by atoms with Crippen molar-refractivity contribution in [3.05, 3.63) is 34.5 Å². The zero-order chi connectivity index (χ0) is 18.2. The Balaban J connectivity index is 1.63. The van der Waals surface area contributed by atoms with Crippen molar-refractivity contribution in [3.63, 3.8) is 0 Å². The molecule has 142 valence electrons. The number of H-pyrrole nitrogens is 1. The second-order valence-electron chi connectivity index (χ2n) is 7.05. The van der Waals surface area contributed by atoms with Crippen LogP contribution >= 0.6 is 0 Å². The number of hydrogen-bond acceptors (Lipinski definition) is 4. The minimum atomic E-state index is -0.0205. The number of unbranched alkanes of at least 4 members (excludes halogenated alkanes) is 3. The standard InChI is InChI=1S/C21H30N2O3/c1-2-3-4-6-11-22-16-9-10-18-19(13-16)23-21(14-20(18)24)26-15-17-8-5-7-12-25-17/h9-10,13-14,17,22H,2-8,11-12,15H2,1H3,(H,23,24). The Bertz CT molecular complexity index is 750. The second kappa shape index (κ2) is 9.62.